The van der Waals surface area contributed by atoms with E-state index in [0.717, 1.165) is 13.0 Å². The Morgan fingerprint density at radius 1 is 1.24 bits per heavy atom. The maximum absolute atomic E-state index is 3.80. The van der Waals surface area contributed by atoms with Gasteiger partial charge < -0.3 is 5.32 Å². The molecule has 0 radical (unpaired) electrons. The smallest absolute Gasteiger partial charge is 0.0346 e. The Bertz CT molecular complexity index is 543. The van der Waals surface area contributed by atoms with Gasteiger partial charge in [0.15, 0.2) is 0 Å². The summed E-state index contributed by atoms with van der Waals surface area (Å²) in [5, 5.41) is 7.52. The Morgan fingerprint density at radius 3 is 2.90 bits per heavy atom. The molecule has 2 rings (SSSR count). The third kappa shape index (κ3) is 4.69. The molecule has 1 aromatic heterocycles. The Hall–Kier alpha value is -1.12. The van der Waals surface area contributed by atoms with Gasteiger partial charge in [-0.3, -0.25) is 0 Å². The fourth-order valence-electron chi connectivity index (χ4n) is 2.77. The van der Waals surface area contributed by atoms with Crippen molar-refractivity contribution in [3.05, 3.63) is 47.9 Å². The van der Waals surface area contributed by atoms with Crippen LogP contribution in [0.2, 0.25) is 0 Å². The fraction of sp³-hybridized carbons (Fsp3) is 0.474. The largest absolute Gasteiger partial charge is 0.310 e. The molecule has 1 heterocycles. The third-order valence-corrected chi connectivity index (χ3v) is 4.91. The molecule has 0 bridgehead atoms. The van der Waals surface area contributed by atoms with E-state index in [1.165, 1.54) is 47.8 Å². The first-order chi connectivity index (χ1) is 10.4. The van der Waals surface area contributed by atoms with Crippen LogP contribution in [-0.2, 0) is 0 Å². The molecule has 0 aliphatic heterocycles. The highest BCUT2D eigenvalue weighted by atomic mass is 32.1. The van der Waals surface area contributed by atoms with E-state index in [4.69, 9.17) is 0 Å². The summed E-state index contributed by atoms with van der Waals surface area (Å²) >= 11 is 1.87. The standard InChI is InChI=1S/C19H27NS/c1-3-5-6-7-8-12-18(20-14-4-2)17-15-21-19-13-10-9-11-16(17)19/h3,9-11,13,15,18,20H,1,4-8,12,14H2,2H3. The fourth-order valence-corrected chi connectivity index (χ4v) is 3.78. The van der Waals surface area contributed by atoms with Gasteiger partial charge in [0.25, 0.3) is 0 Å². The molecule has 0 aliphatic carbocycles. The molecule has 1 aromatic carbocycles. The van der Waals surface area contributed by atoms with E-state index in [9.17, 15) is 0 Å². The second-order valence-corrected chi connectivity index (χ2v) is 6.53. The number of allylic oxidation sites excluding steroid dienone is 1. The van der Waals surface area contributed by atoms with Crippen molar-refractivity contribution in [1.82, 2.24) is 5.32 Å². The van der Waals surface area contributed by atoms with Gasteiger partial charge in [-0.05, 0) is 54.6 Å². The van der Waals surface area contributed by atoms with Gasteiger partial charge in [0.1, 0.15) is 0 Å². The second-order valence-electron chi connectivity index (χ2n) is 5.62. The first-order valence-corrected chi connectivity index (χ1v) is 9.05. The SMILES string of the molecule is C=CCCCCCC(NCCC)c1csc2ccccc12. The zero-order valence-electron chi connectivity index (χ0n) is 13.1. The zero-order chi connectivity index (χ0) is 14.9. The normalized spacial score (nSPS) is 12.6. The molecule has 1 atom stereocenters. The van der Waals surface area contributed by atoms with Crippen molar-refractivity contribution < 1.29 is 0 Å². The lowest BCUT2D eigenvalue weighted by molar-refractivity contribution is 0.475. The van der Waals surface area contributed by atoms with E-state index in [2.05, 4.69) is 48.5 Å². The molecule has 2 heteroatoms. The van der Waals surface area contributed by atoms with Gasteiger partial charge in [-0.15, -0.1) is 17.9 Å². The summed E-state index contributed by atoms with van der Waals surface area (Å²) in [7, 11) is 0. The number of benzene rings is 1. The van der Waals surface area contributed by atoms with Crippen LogP contribution in [-0.4, -0.2) is 6.54 Å². The molecule has 0 amide bonds. The first-order valence-electron chi connectivity index (χ1n) is 8.17. The van der Waals surface area contributed by atoms with E-state index in [1.54, 1.807) is 0 Å². The summed E-state index contributed by atoms with van der Waals surface area (Å²) in [4.78, 5) is 0. The van der Waals surface area contributed by atoms with E-state index >= 15 is 0 Å². The van der Waals surface area contributed by atoms with Crippen molar-refractivity contribution in [2.75, 3.05) is 6.54 Å². The molecule has 1 nitrogen and oxygen atoms in total. The molecule has 0 saturated heterocycles. The third-order valence-electron chi connectivity index (χ3n) is 3.93. The second kappa shape index (κ2) is 9.01. The lowest BCUT2D eigenvalue weighted by atomic mass is 9.99. The Morgan fingerprint density at radius 2 is 2.10 bits per heavy atom. The predicted octanol–water partition coefficient (Wildman–Crippen LogP) is 6.08. The monoisotopic (exact) mass is 301 g/mol. The summed E-state index contributed by atoms with van der Waals surface area (Å²) in [6, 6.07) is 9.28. The molecule has 0 saturated carbocycles. The maximum atomic E-state index is 3.80. The number of thiophene rings is 1. The van der Waals surface area contributed by atoms with Gasteiger partial charge in [0.2, 0.25) is 0 Å². The molecule has 2 aromatic rings. The highest BCUT2D eigenvalue weighted by Crippen LogP contribution is 2.32. The highest BCUT2D eigenvalue weighted by Gasteiger charge is 2.14. The van der Waals surface area contributed by atoms with Gasteiger partial charge in [-0.2, -0.15) is 0 Å². The van der Waals surface area contributed by atoms with Crippen molar-refractivity contribution in [2.45, 2.75) is 51.5 Å². The minimum absolute atomic E-state index is 0.504. The molecule has 1 N–H and O–H groups in total. The molecule has 1 unspecified atom stereocenters. The van der Waals surface area contributed by atoms with Crippen LogP contribution >= 0.6 is 11.3 Å². The molecule has 0 aliphatic rings. The van der Waals surface area contributed by atoms with Crippen LogP contribution in [0.25, 0.3) is 10.1 Å². The van der Waals surface area contributed by atoms with Crippen molar-refractivity contribution in [2.24, 2.45) is 0 Å². The van der Waals surface area contributed by atoms with E-state index in [1.807, 2.05) is 17.4 Å². The Kier molecular flexibility index (Phi) is 6.98. The molecule has 21 heavy (non-hydrogen) atoms. The van der Waals surface area contributed by atoms with Crippen LogP contribution in [0.4, 0.5) is 0 Å². The van der Waals surface area contributed by atoms with Gasteiger partial charge in [-0.25, -0.2) is 0 Å². The average molecular weight is 301 g/mol. The van der Waals surface area contributed by atoms with Gasteiger partial charge >= 0.3 is 0 Å². The topological polar surface area (TPSA) is 12.0 Å². The van der Waals surface area contributed by atoms with Crippen LogP contribution in [0.3, 0.4) is 0 Å². The number of nitrogens with one attached hydrogen (secondary N) is 1. The molecule has 0 spiro atoms. The lowest BCUT2D eigenvalue weighted by Crippen LogP contribution is -2.21. The van der Waals surface area contributed by atoms with Crippen molar-refractivity contribution in [1.29, 1.82) is 0 Å². The van der Waals surface area contributed by atoms with Crippen LogP contribution in [0.15, 0.2) is 42.3 Å². The summed E-state index contributed by atoms with van der Waals surface area (Å²) < 4.78 is 1.41. The summed E-state index contributed by atoms with van der Waals surface area (Å²) in [5.74, 6) is 0. The van der Waals surface area contributed by atoms with Crippen LogP contribution in [0.1, 0.15) is 57.1 Å². The number of rotatable bonds is 10. The van der Waals surface area contributed by atoms with Gasteiger partial charge in [-0.1, -0.05) is 44.0 Å². The van der Waals surface area contributed by atoms with E-state index < -0.39 is 0 Å². The van der Waals surface area contributed by atoms with Gasteiger partial charge in [0, 0.05) is 10.7 Å². The van der Waals surface area contributed by atoms with E-state index in [0.29, 0.717) is 6.04 Å². The lowest BCUT2D eigenvalue weighted by Gasteiger charge is -2.18. The number of fused-ring (bicyclic) bond motifs is 1. The minimum atomic E-state index is 0.504. The highest BCUT2D eigenvalue weighted by molar-refractivity contribution is 7.17. The summed E-state index contributed by atoms with van der Waals surface area (Å²) in [5.41, 5.74) is 1.49. The van der Waals surface area contributed by atoms with Crippen molar-refractivity contribution >= 4 is 21.4 Å². The quantitative estimate of drug-likeness (QED) is 0.414. The maximum Gasteiger partial charge on any atom is 0.0346 e. The Labute approximate surface area is 133 Å². The van der Waals surface area contributed by atoms with Crippen molar-refractivity contribution in [3.63, 3.8) is 0 Å². The molecular weight excluding hydrogens is 274 g/mol. The van der Waals surface area contributed by atoms with E-state index in [-0.39, 0.29) is 0 Å². The predicted molar refractivity (Wildman–Crippen MR) is 96.1 cm³/mol. The number of hydrogen-bond donors (Lipinski definition) is 1. The minimum Gasteiger partial charge on any atom is -0.310 e. The van der Waals surface area contributed by atoms with Crippen LogP contribution in [0.5, 0.6) is 0 Å². The Balaban J connectivity index is 2.02. The van der Waals surface area contributed by atoms with Gasteiger partial charge in [0.05, 0.1) is 0 Å². The summed E-state index contributed by atoms with van der Waals surface area (Å²) in [6.07, 6.45) is 9.46. The zero-order valence-corrected chi connectivity index (χ0v) is 13.9. The average Bonchev–Trinajstić information content (AvgIpc) is 2.94. The molecule has 114 valence electrons. The summed E-state index contributed by atoms with van der Waals surface area (Å²) in [6.45, 7) is 7.13. The molecule has 0 fully saturated rings. The number of unbranched alkanes of at least 4 members (excludes halogenated alkanes) is 3. The van der Waals surface area contributed by atoms with Crippen molar-refractivity contribution in [3.8, 4) is 0 Å². The number of hydrogen-bond acceptors (Lipinski definition) is 2. The van der Waals surface area contributed by atoms with Crippen LogP contribution in [0, 0.1) is 0 Å². The van der Waals surface area contributed by atoms with Crippen LogP contribution < -0.4 is 5.32 Å². The first kappa shape index (κ1) is 16.3. The molecular formula is C19H27NS.